The molecule has 172 valence electrons. The fourth-order valence-corrected chi connectivity index (χ4v) is 4.33. The lowest BCUT2D eigenvalue weighted by Crippen LogP contribution is -2.42. The van der Waals surface area contributed by atoms with Crippen LogP contribution in [-0.4, -0.2) is 42.0 Å². The van der Waals surface area contributed by atoms with Crippen molar-refractivity contribution >= 4 is 17.5 Å². The molecule has 5 nitrogen and oxygen atoms in total. The van der Waals surface area contributed by atoms with Gasteiger partial charge in [-0.05, 0) is 74.3 Å². The van der Waals surface area contributed by atoms with Crippen LogP contribution in [0.1, 0.15) is 36.6 Å². The van der Waals surface area contributed by atoms with E-state index in [1.807, 2.05) is 72.8 Å². The van der Waals surface area contributed by atoms with E-state index in [2.05, 4.69) is 15.2 Å². The van der Waals surface area contributed by atoms with Gasteiger partial charge in [-0.3, -0.25) is 9.78 Å². The Balaban J connectivity index is 1.27. The second-order valence-corrected chi connectivity index (χ2v) is 8.82. The van der Waals surface area contributed by atoms with Gasteiger partial charge in [0.2, 0.25) is 5.91 Å². The van der Waals surface area contributed by atoms with Gasteiger partial charge in [-0.2, -0.15) is 0 Å². The van der Waals surface area contributed by atoms with Crippen LogP contribution in [0.15, 0.2) is 79.0 Å². The number of halogens is 1. The number of para-hydroxylation sites is 1. The quantitative estimate of drug-likeness (QED) is 0.447. The first kappa shape index (κ1) is 23.3. The number of benzene rings is 2. The summed E-state index contributed by atoms with van der Waals surface area (Å²) in [4.78, 5) is 20.1. The highest BCUT2D eigenvalue weighted by Crippen LogP contribution is 2.25. The summed E-state index contributed by atoms with van der Waals surface area (Å²) >= 11 is 6.06. The molecule has 6 heteroatoms. The third-order valence-electron chi connectivity index (χ3n) is 6.06. The number of aromatic nitrogens is 1. The minimum Gasteiger partial charge on any atom is -0.494 e. The van der Waals surface area contributed by atoms with E-state index in [0.29, 0.717) is 11.6 Å². The number of piperidine rings is 1. The largest absolute Gasteiger partial charge is 0.494 e. The number of likely N-dealkylation sites (tertiary alicyclic amines) is 1. The SMILES string of the molecule is O=C(N[C@@H](c1ccc(Cl)cc1)c1ccccn1)C1CCN(CCCOc2ccccc2)CC1. The van der Waals surface area contributed by atoms with Crippen molar-refractivity contribution in [2.75, 3.05) is 26.2 Å². The minimum absolute atomic E-state index is 0.0142. The summed E-state index contributed by atoms with van der Waals surface area (Å²) in [6.07, 6.45) is 4.45. The molecule has 2 heterocycles. The number of nitrogens with one attached hydrogen (secondary N) is 1. The molecular formula is C27H30ClN3O2. The highest BCUT2D eigenvalue weighted by Gasteiger charge is 2.27. The van der Waals surface area contributed by atoms with Gasteiger partial charge in [-0.25, -0.2) is 0 Å². The van der Waals surface area contributed by atoms with Crippen LogP contribution in [-0.2, 0) is 4.79 Å². The lowest BCUT2D eigenvalue weighted by atomic mass is 9.94. The van der Waals surface area contributed by atoms with Crippen LogP contribution >= 0.6 is 11.6 Å². The van der Waals surface area contributed by atoms with Crippen LogP contribution in [0.5, 0.6) is 5.75 Å². The van der Waals surface area contributed by atoms with Crippen LogP contribution in [0.3, 0.4) is 0 Å². The normalized spacial score (nSPS) is 15.7. The molecule has 1 aromatic heterocycles. The van der Waals surface area contributed by atoms with Crippen molar-refractivity contribution in [2.24, 2.45) is 5.92 Å². The van der Waals surface area contributed by atoms with Crippen LogP contribution < -0.4 is 10.1 Å². The zero-order valence-electron chi connectivity index (χ0n) is 18.7. The van der Waals surface area contributed by atoms with E-state index in [1.165, 1.54) is 0 Å². The summed E-state index contributed by atoms with van der Waals surface area (Å²) in [6.45, 7) is 3.55. The second kappa shape index (κ2) is 11.8. The molecule has 4 rings (SSSR count). The summed E-state index contributed by atoms with van der Waals surface area (Å²) < 4.78 is 5.79. The maximum absolute atomic E-state index is 13.1. The van der Waals surface area contributed by atoms with Gasteiger partial charge < -0.3 is 15.0 Å². The number of ether oxygens (including phenoxy) is 1. The average Bonchev–Trinajstić information content (AvgIpc) is 2.87. The average molecular weight is 464 g/mol. The van der Waals surface area contributed by atoms with E-state index < -0.39 is 0 Å². The topological polar surface area (TPSA) is 54.5 Å². The molecule has 1 fully saturated rings. The Morgan fingerprint density at radius 2 is 1.76 bits per heavy atom. The zero-order valence-corrected chi connectivity index (χ0v) is 19.5. The zero-order chi connectivity index (χ0) is 22.9. The number of pyridine rings is 1. The van der Waals surface area contributed by atoms with Crippen LogP contribution in [0.25, 0.3) is 0 Å². The molecule has 0 aliphatic carbocycles. The number of carbonyl (C=O) groups excluding carboxylic acids is 1. The highest BCUT2D eigenvalue weighted by atomic mass is 35.5. The van der Waals surface area contributed by atoms with Gasteiger partial charge in [0, 0.05) is 23.7 Å². The van der Waals surface area contributed by atoms with E-state index >= 15 is 0 Å². The molecule has 0 bridgehead atoms. The number of nitrogens with zero attached hydrogens (tertiary/aromatic N) is 2. The predicted molar refractivity (Wildman–Crippen MR) is 131 cm³/mol. The minimum atomic E-state index is -0.288. The monoisotopic (exact) mass is 463 g/mol. The summed E-state index contributed by atoms with van der Waals surface area (Å²) in [6, 6.07) is 23.0. The molecule has 2 aromatic carbocycles. The molecule has 1 saturated heterocycles. The lowest BCUT2D eigenvalue weighted by molar-refractivity contribution is -0.127. The summed E-state index contributed by atoms with van der Waals surface area (Å²) in [5.41, 5.74) is 1.80. The molecule has 0 spiro atoms. The van der Waals surface area contributed by atoms with Gasteiger partial charge >= 0.3 is 0 Å². The van der Waals surface area contributed by atoms with Crippen molar-refractivity contribution in [3.63, 3.8) is 0 Å². The molecule has 1 N–H and O–H groups in total. The molecule has 0 radical (unpaired) electrons. The Hall–Kier alpha value is -2.89. The first-order chi connectivity index (χ1) is 16.2. The van der Waals surface area contributed by atoms with Crippen molar-refractivity contribution in [3.05, 3.63) is 95.3 Å². The molecule has 0 saturated carbocycles. The van der Waals surface area contributed by atoms with Gasteiger partial charge in [-0.1, -0.05) is 48.0 Å². The third kappa shape index (κ3) is 6.80. The van der Waals surface area contributed by atoms with Crippen LogP contribution in [0.4, 0.5) is 0 Å². The first-order valence-corrected chi connectivity index (χ1v) is 11.9. The van der Waals surface area contributed by atoms with E-state index in [9.17, 15) is 4.79 Å². The maximum Gasteiger partial charge on any atom is 0.224 e. The number of hydrogen-bond acceptors (Lipinski definition) is 4. The highest BCUT2D eigenvalue weighted by molar-refractivity contribution is 6.30. The Labute approximate surface area is 200 Å². The number of carbonyl (C=O) groups is 1. The molecule has 33 heavy (non-hydrogen) atoms. The third-order valence-corrected chi connectivity index (χ3v) is 6.31. The van der Waals surface area contributed by atoms with Crippen molar-refractivity contribution in [1.82, 2.24) is 15.2 Å². The van der Waals surface area contributed by atoms with Gasteiger partial charge in [-0.15, -0.1) is 0 Å². The Morgan fingerprint density at radius 3 is 2.45 bits per heavy atom. The predicted octanol–water partition coefficient (Wildman–Crippen LogP) is 5.12. The first-order valence-electron chi connectivity index (χ1n) is 11.6. The standard InChI is InChI=1S/C27H30ClN3O2/c28-23-12-10-21(11-13-23)26(25-9-4-5-16-29-25)30-27(32)22-14-18-31(19-15-22)17-6-20-33-24-7-2-1-3-8-24/h1-5,7-13,16,22,26H,6,14-15,17-20H2,(H,30,32)/t26-/m0/s1. The van der Waals surface area contributed by atoms with E-state index in [-0.39, 0.29) is 17.9 Å². The molecule has 1 aliphatic rings. The fourth-order valence-electron chi connectivity index (χ4n) is 4.20. The molecule has 1 aliphatic heterocycles. The second-order valence-electron chi connectivity index (χ2n) is 8.38. The number of rotatable bonds is 9. The lowest BCUT2D eigenvalue weighted by Gasteiger charge is -2.32. The Kier molecular flexibility index (Phi) is 8.34. The Bertz CT molecular complexity index is 991. The Morgan fingerprint density at radius 1 is 1.03 bits per heavy atom. The van der Waals surface area contributed by atoms with E-state index in [0.717, 1.165) is 55.9 Å². The van der Waals surface area contributed by atoms with Crippen LogP contribution in [0.2, 0.25) is 5.02 Å². The molecule has 0 unspecified atom stereocenters. The number of hydrogen-bond donors (Lipinski definition) is 1. The van der Waals surface area contributed by atoms with Gasteiger partial charge in [0.15, 0.2) is 0 Å². The van der Waals surface area contributed by atoms with Crippen molar-refractivity contribution in [2.45, 2.75) is 25.3 Å². The van der Waals surface area contributed by atoms with Crippen molar-refractivity contribution in [3.8, 4) is 5.75 Å². The summed E-state index contributed by atoms with van der Waals surface area (Å²) in [5.74, 6) is 1.02. The summed E-state index contributed by atoms with van der Waals surface area (Å²) in [7, 11) is 0. The fraction of sp³-hybridized carbons (Fsp3) is 0.333. The van der Waals surface area contributed by atoms with Gasteiger partial charge in [0.1, 0.15) is 5.75 Å². The molecule has 1 atom stereocenters. The van der Waals surface area contributed by atoms with E-state index in [4.69, 9.17) is 16.3 Å². The number of amides is 1. The molecule has 1 amide bonds. The summed E-state index contributed by atoms with van der Waals surface area (Å²) in [5, 5.41) is 3.91. The van der Waals surface area contributed by atoms with Crippen molar-refractivity contribution in [1.29, 1.82) is 0 Å². The van der Waals surface area contributed by atoms with Crippen molar-refractivity contribution < 1.29 is 9.53 Å². The van der Waals surface area contributed by atoms with Gasteiger partial charge in [0.05, 0.1) is 18.3 Å². The van der Waals surface area contributed by atoms with Gasteiger partial charge in [0.25, 0.3) is 0 Å². The molecule has 3 aromatic rings. The van der Waals surface area contributed by atoms with E-state index in [1.54, 1.807) is 6.20 Å². The van der Waals surface area contributed by atoms with Crippen LogP contribution in [0, 0.1) is 5.92 Å². The molecular weight excluding hydrogens is 434 g/mol. The maximum atomic E-state index is 13.1. The smallest absolute Gasteiger partial charge is 0.224 e.